The Kier molecular flexibility index (Phi) is 6.65. The summed E-state index contributed by atoms with van der Waals surface area (Å²) in [4.78, 5) is 40.3. The van der Waals surface area contributed by atoms with Crippen molar-refractivity contribution in [2.45, 2.75) is 44.2 Å². The van der Waals surface area contributed by atoms with E-state index in [0.717, 1.165) is 41.3 Å². The van der Waals surface area contributed by atoms with Gasteiger partial charge in [-0.1, -0.05) is 42.5 Å². The largest absolute Gasteiger partial charge is 0.497 e. The predicted molar refractivity (Wildman–Crippen MR) is 123 cm³/mol. The molecule has 2 fully saturated rings. The van der Waals surface area contributed by atoms with Crippen molar-refractivity contribution in [2.24, 2.45) is 0 Å². The van der Waals surface area contributed by atoms with E-state index >= 15 is 0 Å². The Hall–Kier alpha value is -3.39. The summed E-state index contributed by atoms with van der Waals surface area (Å²) in [5.41, 5.74) is 3.66. The summed E-state index contributed by atoms with van der Waals surface area (Å²) < 4.78 is 5.22. The molecule has 0 unspecified atom stereocenters. The minimum Gasteiger partial charge on any atom is -0.497 e. The number of hydrogen-bond donors (Lipinski definition) is 2. The summed E-state index contributed by atoms with van der Waals surface area (Å²) in [6.45, 7) is 2.58. The third-order valence-corrected chi connectivity index (χ3v) is 6.46. The molecule has 2 aromatic carbocycles. The van der Waals surface area contributed by atoms with Crippen LogP contribution in [-0.4, -0.2) is 53.5 Å². The summed E-state index contributed by atoms with van der Waals surface area (Å²) in [7, 11) is 1.63. The summed E-state index contributed by atoms with van der Waals surface area (Å²) in [5.74, 6) is -0.0361. The first-order valence-electron chi connectivity index (χ1n) is 11.3. The Labute approximate surface area is 193 Å². The lowest BCUT2D eigenvalue weighted by atomic mass is 9.93. The highest BCUT2D eigenvalue weighted by molar-refractivity contribution is 6.07. The third kappa shape index (κ3) is 5.01. The maximum Gasteiger partial charge on any atom is 0.344 e. The smallest absolute Gasteiger partial charge is 0.344 e. The fourth-order valence-corrected chi connectivity index (χ4v) is 4.56. The maximum atomic E-state index is 13.0. The van der Waals surface area contributed by atoms with Crippen molar-refractivity contribution >= 4 is 17.8 Å². The molecule has 2 saturated heterocycles. The molecular weight excluding hydrogens is 420 g/mol. The number of carbonyl (C=O) groups excluding carboxylic acids is 3. The number of carbonyl (C=O) groups is 3. The number of likely N-dealkylation sites (tertiary alicyclic amines) is 1. The second-order valence-electron chi connectivity index (χ2n) is 8.83. The van der Waals surface area contributed by atoms with Crippen LogP contribution in [0.15, 0.2) is 54.6 Å². The van der Waals surface area contributed by atoms with Gasteiger partial charge in [-0.15, -0.1) is 0 Å². The van der Waals surface area contributed by atoms with E-state index in [1.807, 2.05) is 54.6 Å². The van der Waals surface area contributed by atoms with Gasteiger partial charge in [0.15, 0.2) is 0 Å². The second-order valence-corrected chi connectivity index (χ2v) is 8.83. The van der Waals surface area contributed by atoms with Gasteiger partial charge in [0.1, 0.15) is 11.3 Å². The van der Waals surface area contributed by atoms with Crippen molar-refractivity contribution < 1.29 is 19.1 Å². The van der Waals surface area contributed by atoms with Crippen LogP contribution in [0.2, 0.25) is 0 Å². The molecule has 4 amide bonds. The quantitative estimate of drug-likeness (QED) is 0.604. The highest BCUT2D eigenvalue weighted by Crippen LogP contribution is 2.32. The Morgan fingerprint density at radius 2 is 1.88 bits per heavy atom. The van der Waals surface area contributed by atoms with Gasteiger partial charge >= 0.3 is 6.03 Å². The van der Waals surface area contributed by atoms with Crippen LogP contribution in [0.5, 0.6) is 5.75 Å². The van der Waals surface area contributed by atoms with E-state index < -0.39 is 17.5 Å². The molecule has 8 nitrogen and oxygen atoms in total. The fraction of sp³-hybridized carbons (Fsp3) is 0.400. The van der Waals surface area contributed by atoms with Crippen LogP contribution in [-0.2, 0) is 16.0 Å². The molecule has 2 aliphatic heterocycles. The molecule has 2 aliphatic rings. The van der Waals surface area contributed by atoms with E-state index in [4.69, 9.17) is 4.74 Å². The Bertz CT molecular complexity index is 1010. The van der Waals surface area contributed by atoms with E-state index in [1.54, 1.807) is 14.0 Å². The average molecular weight is 451 g/mol. The van der Waals surface area contributed by atoms with Gasteiger partial charge in [0.25, 0.3) is 11.8 Å². The number of ether oxygens (including phenoxy) is 1. The average Bonchev–Trinajstić information content (AvgIpc) is 3.36. The summed E-state index contributed by atoms with van der Waals surface area (Å²) in [5, 5.41) is 3.57. The van der Waals surface area contributed by atoms with Gasteiger partial charge in [-0.3, -0.25) is 19.9 Å². The Morgan fingerprint density at radius 3 is 2.58 bits per heavy atom. The zero-order valence-electron chi connectivity index (χ0n) is 19.0. The van der Waals surface area contributed by atoms with Gasteiger partial charge in [0.2, 0.25) is 0 Å². The molecule has 33 heavy (non-hydrogen) atoms. The fourth-order valence-electron chi connectivity index (χ4n) is 4.56. The molecule has 0 saturated carbocycles. The van der Waals surface area contributed by atoms with Gasteiger partial charge in [-0.05, 0) is 62.4 Å². The van der Waals surface area contributed by atoms with Crippen LogP contribution in [0.4, 0.5) is 4.79 Å². The molecule has 2 heterocycles. The van der Waals surface area contributed by atoms with Crippen molar-refractivity contribution in [2.75, 3.05) is 20.2 Å². The van der Waals surface area contributed by atoms with E-state index in [-0.39, 0.29) is 18.5 Å². The zero-order chi connectivity index (χ0) is 23.4. The molecule has 8 heteroatoms. The zero-order valence-corrected chi connectivity index (χ0v) is 19.0. The van der Waals surface area contributed by atoms with E-state index in [0.29, 0.717) is 12.8 Å². The number of urea groups is 1. The van der Waals surface area contributed by atoms with E-state index in [1.165, 1.54) is 0 Å². The summed E-state index contributed by atoms with van der Waals surface area (Å²) in [6.07, 6.45) is 3.01. The first kappa shape index (κ1) is 22.8. The standard InChI is InChI=1S/C25H30N4O4/c1-25(15-14-18-7-4-3-5-8-18)23(31)29(24(32)26-25)27-22(30)17-28-16-6-9-21(28)19-10-12-20(33-2)13-11-19/h3-5,7-8,10-13,21H,6,9,14-17H2,1-2H3,(H,26,32)(H,27,30)/t21-,25+/m0/s1. The molecular formula is C25H30N4O4. The maximum absolute atomic E-state index is 13.0. The highest BCUT2D eigenvalue weighted by atomic mass is 16.5. The number of methoxy groups -OCH3 is 1. The van der Waals surface area contributed by atoms with Crippen LogP contribution in [0, 0.1) is 0 Å². The number of nitrogens with zero attached hydrogens (tertiary/aromatic N) is 2. The van der Waals surface area contributed by atoms with Crippen molar-refractivity contribution in [3.63, 3.8) is 0 Å². The molecule has 4 rings (SSSR count). The normalized spacial score (nSPS) is 23.0. The SMILES string of the molecule is COc1ccc([C@@H]2CCCN2CC(=O)NN2C(=O)N[C@](C)(CCc3ccccc3)C2=O)cc1. The van der Waals surface area contributed by atoms with Crippen LogP contribution < -0.4 is 15.5 Å². The molecule has 0 spiro atoms. The van der Waals surface area contributed by atoms with Gasteiger partial charge < -0.3 is 10.1 Å². The lowest BCUT2D eigenvalue weighted by molar-refractivity contribution is -0.139. The Balaban J connectivity index is 1.35. The first-order chi connectivity index (χ1) is 15.9. The third-order valence-electron chi connectivity index (χ3n) is 6.46. The minimum atomic E-state index is -1.06. The molecule has 0 aliphatic carbocycles. The van der Waals surface area contributed by atoms with E-state index in [2.05, 4.69) is 15.6 Å². The second kappa shape index (κ2) is 9.62. The predicted octanol–water partition coefficient (Wildman–Crippen LogP) is 2.81. The number of nitrogens with one attached hydrogen (secondary N) is 2. The molecule has 2 aromatic rings. The molecule has 0 radical (unpaired) electrons. The van der Waals surface area contributed by atoms with Crippen molar-refractivity contribution in [3.05, 3.63) is 65.7 Å². The number of aryl methyl sites for hydroxylation is 1. The monoisotopic (exact) mass is 450 g/mol. The van der Waals surface area contributed by atoms with E-state index in [9.17, 15) is 14.4 Å². The van der Waals surface area contributed by atoms with Crippen molar-refractivity contribution in [3.8, 4) is 5.75 Å². The van der Waals surface area contributed by atoms with Gasteiger partial charge in [0.05, 0.1) is 13.7 Å². The first-order valence-corrected chi connectivity index (χ1v) is 11.3. The topological polar surface area (TPSA) is 91.0 Å². The molecule has 174 valence electrons. The van der Waals surface area contributed by atoms with Crippen LogP contribution in [0.1, 0.15) is 43.4 Å². The van der Waals surface area contributed by atoms with Crippen molar-refractivity contribution in [1.29, 1.82) is 0 Å². The van der Waals surface area contributed by atoms with Crippen LogP contribution in [0.25, 0.3) is 0 Å². The lowest BCUT2D eigenvalue weighted by Gasteiger charge is -2.25. The number of benzene rings is 2. The van der Waals surface area contributed by atoms with Crippen LogP contribution in [0.3, 0.4) is 0 Å². The minimum absolute atomic E-state index is 0.106. The van der Waals surface area contributed by atoms with Gasteiger partial charge in [-0.25, -0.2) is 4.79 Å². The molecule has 0 bridgehead atoms. The number of hydrogen-bond acceptors (Lipinski definition) is 5. The molecule has 0 aromatic heterocycles. The number of amides is 4. The number of imide groups is 1. The molecule has 2 N–H and O–H groups in total. The lowest BCUT2D eigenvalue weighted by Crippen LogP contribution is -2.51. The molecule has 2 atom stereocenters. The van der Waals surface area contributed by atoms with Crippen LogP contribution >= 0.6 is 0 Å². The number of rotatable bonds is 8. The van der Waals surface area contributed by atoms with Crippen molar-refractivity contribution in [1.82, 2.24) is 20.7 Å². The highest BCUT2D eigenvalue weighted by Gasteiger charge is 2.48. The number of hydrazine groups is 1. The van der Waals surface area contributed by atoms with Gasteiger partial charge in [0, 0.05) is 6.04 Å². The summed E-state index contributed by atoms with van der Waals surface area (Å²) >= 11 is 0. The Morgan fingerprint density at radius 1 is 1.15 bits per heavy atom. The summed E-state index contributed by atoms with van der Waals surface area (Å²) in [6, 6.07) is 17.1. The van der Waals surface area contributed by atoms with Gasteiger partial charge in [-0.2, -0.15) is 5.01 Å².